The Balaban J connectivity index is 1.99. The molecular formula is C12H16BrFN2. The molecule has 1 fully saturated rings. The standard InChI is InChI=1S/C12H16BrFN2/c13-12-7-10(14)4-3-9(12)6-11(16-15)5-8-1-2-8/h3-4,7-8,11,16H,1-2,5-6,15H2. The molecule has 0 spiro atoms. The Kier molecular flexibility index (Phi) is 3.95. The summed E-state index contributed by atoms with van der Waals surface area (Å²) in [4.78, 5) is 0. The molecule has 1 aromatic carbocycles. The second-order valence-electron chi connectivity index (χ2n) is 4.48. The Morgan fingerprint density at radius 1 is 1.50 bits per heavy atom. The molecule has 1 aromatic rings. The first-order valence-electron chi connectivity index (χ1n) is 5.59. The molecule has 1 aliphatic carbocycles. The van der Waals surface area contributed by atoms with Crippen LogP contribution >= 0.6 is 15.9 Å². The van der Waals surface area contributed by atoms with Crippen molar-refractivity contribution in [2.75, 3.05) is 0 Å². The van der Waals surface area contributed by atoms with Gasteiger partial charge in [-0.15, -0.1) is 0 Å². The van der Waals surface area contributed by atoms with Crippen molar-refractivity contribution in [1.82, 2.24) is 5.43 Å². The van der Waals surface area contributed by atoms with Gasteiger partial charge in [0.1, 0.15) is 5.82 Å². The fourth-order valence-electron chi connectivity index (χ4n) is 1.92. The number of nitrogens with one attached hydrogen (secondary N) is 1. The van der Waals surface area contributed by atoms with Crippen LogP contribution in [0.2, 0.25) is 0 Å². The van der Waals surface area contributed by atoms with Gasteiger partial charge < -0.3 is 0 Å². The zero-order valence-electron chi connectivity index (χ0n) is 9.05. The molecule has 0 bridgehead atoms. The second-order valence-corrected chi connectivity index (χ2v) is 5.34. The van der Waals surface area contributed by atoms with Gasteiger partial charge in [0.05, 0.1) is 0 Å². The molecule has 16 heavy (non-hydrogen) atoms. The monoisotopic (exact) mass is 286 g/mol. The van der Waals surface area contributed by atoms with Crippen molar-refractivity contribution in [3.05, 3.63) is 34.1 Å². The third-order valence-corrected chi connectivity index (χ3v) is 3.77. The van der Waals surface area contributed by atoms with Crippen molar-refractivity contribution in [3.8, 4) is 0 Å². The van der Waals surface area contributed by atoms with Gasteiger partial charge in [0.2, 0.25) is 0 Å². The van der Waals surface area contributed by atoms with Gasteiger partial charge in [0.15, 0.2) is 0 Å². The average Bonchev–Trinajstić information content (AvgIpc) is 3.04. The largest absolute Gasteiger partial charge is 0.271 e. The number of nitrogens with two attached hydrogens (primary N) is 1. The second kappa shape index (κ2) is 5.25. The van der Waals surface area contributed by atoms with Gasteiger partial charge >= 0.3 is 0 Å². The van der Waals surface area contributed by atoms with Gasteiger partial charge in [0, 0.05) is 10.5 Å². The van der Waals surface area contributed by atoms with Crippen LogP contribution in [0.5, 0.6) is 0 Å². The summed E-state index contributed by atoms with van der Waals surface area (Å²) in [5, 5.41) is 0. The Morgan fingerprint density at radius 3 is 2.81 bits per heavy atom. The van der Waals surface area contributed by atoms with E-state index in [0.717, 1.165) is 28.8 Å². The minimum atomic E-state index is -0.213. The van der Waals surface area contributed by atoms with Gasteiger partial charge in [-0.1, -0.05) is 34.8 Å². The van der Waals surface area contributed by atoms with E-state index in [-0.39, 0.29) is 11.9 Å². The van der Waals surface area contributed by atoms with Gasteiger partial charge in [-0.3, -0.25) is 11.3 Å². The lowest BCUT2D eigenvalue weighted by atomic mass is 10.0. The fraction of sp³-hybridized carbons (Fsp3) is 0.500. The number of benzene rings is 1. The van der Waals surface area contributed by atoms with E-state index in [9.17, 15) is 4.39 Å². The van der Waals surface area contributed by atoms with Crippen molar-refractivity contribution >= 4 is 15.9 Å². The molecule has 3 N–H and O–H groups in total. The van der Waals surface area contributed by atoms with Crippen LogP contribution in [0.1, 0.15) is 24.8 Å². The molecule has 1 saturated carbocycles. The van der Waals surface area contributed by atoms with E-state index in [4.69, 9.17) is 5.84 Å². The quantitative estimate of drug-likeness (QED) is 0.645. The molecule has 4 heteroatoms. The van der Waals surface area contributed by atoms with E-state index in [2.05, 4.69) is 21.4 Å². The maximum absolute atomic E-state index is 12.9. The van der Waals surface area contributed by atoms with Crippen LogP contribution in [0.15, 0.2) is 22.7 Å². The summed E-state index contributed by atoms with van der Waals surface area (Å²) in [5.41, 5.74) is 3.95. The van der Waals surface area contributed by atoms with Gasteiger partial charge in [-0.2, -0.15) is 0 Å². The molecule has 0 aromatic heterocycles. The van der Waals surface area contributed by atoms with Crippen molar-refractivity contribution in [2.45, 2.75) is 31.7 Å². The highest BCUT2D eigenvalue weighted by Crippen LogP contribution is 2.34. The summed E-state index contributed by atoms with van der Waals surface area (Å²) >= 11 is 3.38. The minimum absolute atomic E-state index is 0.213. The van der Waals surface area contributed by atoms with Crippen molar-refractivity contribution in [3.63, 3.8) is 0 Å². The zero-order valence-corrected chi connectivity index (χ0v) is 10.6. The Hall–Kier alpha value is -0.450. The summed E-state index contributed by atoms with van der Waals surface area (Å²) in [6.07, 6.45) is 4.60. The molecule has 0 radical (unpaired) electrons. The Morgan fingerprint density at radius 2 is 2.25 bits per heavy atom. The Labute approximate surface area is 104 Å². The lowest BCUT2D eigenvalue weighted by Gasteiger charge is -2.16. The van der Waals surface area contributed by atoms with E-state index in [1.54, 1.807) is 0 Å². The van der Waals surface area contributed by atoms with E-state index in [1.165, 1.54) is 25.0 Å². The molecule has 0 saturated heterocycles. The molecule has 1 atom stereocenters. The maximum atomic E-state index is 12.9. The molecule has 0 amide bonds. The van der Waals surface area contributed by atoms with E-state index < -0.39 is 0 Å². The highest BCUT2D eigenvalue weighted by Gasteiger charge is 2.25. The van der Waals surface area contributed by atoms with Crippen molar-refractivity contribution < 1.29 is 4.39 Å². The SMILES string of the molecule is NNC(Cc1ccc(F)cc1Br)CC1CC1. The van der Waals surface area contributed by atoms with E-state index in [1.807, 2.05) is 6.07 Å². The molecule has 2 nitrogen and oxygen atoms in total. The van der Waals surface area contributed by atoms with Gasteiger partial charge in [0.25, 0.3) is 0 Å². The van der Waals surface area contributed by atoms with Crippen molar-refractivity contribution in [1.29, 1.82) is 0 Å². The molecule has 0 heterocycles. The van der Waals surface area contributed by atoms with Crippen LogP contribution in [0.4, 0.5) is 4.39 Å². The molecule has 88 valence electrons. The van der Waals surface area contributed by atoms with Crippen LogP contribution in [0.25, 0.3) is 0 Å². The fourth-order valence-corrected chi connectivity index (χ4v) is 2.43. The van der Waals surface area contributed by atoms with Crippen LogP contribution in [-0.2, 0) is 6.42 Å². The van der Waals surface area contributed by atoms with Crippen LogP contribution in [-0.4, -0.2) is 6.04 Å². The zero-order chi connectivity index (χ0) is 11.5. The summed E-state index contributed by atoms with van der Waals surface area (Å²) in [5.74, 6) is 6.16. The average molecular weight is 287 g/mol. The number of hydrogen-bond acceptors (Lipinski definition) is 2. The van der Waals surface area contributed by atoms with E-state index in [0.29, 0.717) is 0 Å². The van der Waals surface area contributed by atoms with Crippen LogP contribution in [0.3, 0.4) is 0 Å². The molecule has 0 aliphatic heterocycles. The highest BCUT2D eigenvalue weighted by atomic mass is 79.9. The Bertz CT molecular complexity index is 366. The molecule has 2 rings (SSSR count). The maximum Gasteiger partial charge on any atom is 0.124 e. The minimum Gasteiger partial charge on any atom is -0.271 e. The number of rotatable bonds is 5. The van der Waals surface area contributed by atoms with Gasteiger partial charge in [-0.25, -0.2) is 4.39 Å². The molecule has 1 unspecified atom stereocenters. The number of hydrogen-bond donors (Lipinski definition) is 2. The van der Waals surface area contributed by atoms with Crippen molar-refractivity contribution in [2.24, 2.45) is 11.8 Å². The van der Waals surface area contributed by atoms with Gasteiger partial charge in [-0.05, 0) is 36.5 Å². The predicted molar refractivity (Wildman–Crippen MR) is 66.3 cm³/mol. The smallest absolute Gasteiger partial charge is 0.124 e. The van der Waals surface area contributed by atoms with Crippen LogP contribution < -0.4 is 11.3 Å². The summed E-state index contributed by atoms with van der Waals surface area (Å²) in [7, 11) is 0. The third kappa shape index (κ3) is 3.27. The summed E-state index contributed by atoms with van der Waals surface area (Å²) in [6.45, 7) is 0. The number of hydrazine groups is 1. The normalized spacial score (nSPS) is 17.4. The predicted octanol–water partition coefficient (Wildman–Crippen LogP) is 2.76. The summed E-state index contributed by atoms with van der Waals surface area (Å²) in [6, 6.07) is 5.09. The first-order valence-corrected chi connectivity index (χ1v) is 6.38. The molecular weight excluding hydrogens is 271 g/mol. The highest BCUT2D eigenvalue weighted by molar-refractivity contribution is 9.10. The first kappa shape index (κ1) is 12.0. The molecule has 1 aliphatic rings. The summed E-state index contributed by atoms with van der Waals surface area (Å²) < 4.78 is 13.7. The van der Waals surface area contributed by atoms with E-state index >= 15 is 0 Å². The van der Waals surface area contributed by atoms with Crippen LogP contribution in [0, 0.1) is 11.7 Å². The lowest BCUT2D eigenvalue weighted by molar-refractivity contribution is 0.465. The number of halogens is 2. The topological polar surface area (TPSA) is 38.0 Å². The lowest BCUT2D eigenvalue weighted by Crippen LogP contribution is -2.37. The third-order valence-electron chi connectivity index (χ3n) is 3.03. The first-order chi connectivity index (χ1) is 7.69.